The van der Waals surface area contributed by atoms with Crippen LogP contribution in [0.25, 0.3) is 0 Å². The SMILES string of the molecule is CC(=O)c1cccc(OCC(=O)N[C@H]2CCC[C@H](C)[C@H]2C)c1. The Morgan fingerprint density at radius 1 is 1.27 bits per heavy atom. The number of rotatable bonds is 5. The van der Waals surface area contributed by atoms with Crippen LogP contribution in [0.1, 0.15) is 50.4 Å². The predicted molar refractivity (Wildman–Crippen MR) is 86.1 cm³/mol. The van der Waals surface area contributed by atoms with Gasteiger partial charge in [0.1, 0.15) is 5.75 Å². The third kappa shape index (κ3) is 4.33. The Bertz CT molecular complexity index is 541. The van der Waals surface area contributed by atoms with E-state index in [9.17, 15) is 9.59 Å². The van der Waals surface area contributed by atoms with Crippen LogP contribution in [0.15, 0.2) is 24.3 Å². The minimum Gasteiger partial charge on any atom is -0.484 e. The van der Waals surface area contributed by atoms with Crippen molar-refractivity contribution in [1.29, 1.82) is 0 Å². The van der Waals surface area contributed by atoms with Crippen molar-refractivity contribution in [2.45, 2.75) is 46.1 Å². The van der Waals surface area contributed by atoms with E-state index in [1.54, 1.807) is 24.3 Å². The third-order valence-corrected chi connectivity index (χ3v) is 4.66. The fourth-order valence-electron chi connectivity index (χ4n) is 2.99. The lowest BCUT2D eigenvalue weighted by atomic mass is 9.78. The van der Waals surface area contributed by atoms with Gasteiger partial charge in [-0.05, 0) is 37.3 Å². The van der Waals surface area contributed by atoms with Crippen molar-refractivity contribution in [3.8, 4) is 5.75 Å². The first-order chi connectivity index (χ1) is 10.5. The molecule has 0 aliphatic heterocycles. The lowest BCUT2D eigenvalue weighted by molar-refractivity contribution is -0.124. The summed E-state index contributed by atoms with van der Waals surface area (Å²) in [4.78, 5) is 23.4. The molecule has 4 nitrogen and oxygen atoms in total. The smallest absolute Gasteiger partial charge is 0.258 e. The van der Waals surface area contributed by atoms with E-state index in [4.69, 9.17) is 4.74 Å². The van der Waals surface area contributed by atoms with Crippen molar-refractivity contribution in [3.05, 3.63) is 29.8 Å². The van der Waals surface area contributed by atoms with Gasteiger partial charge >= 0.3 is 0 Å². The molecule has 1 amide bonds. The number of hydrogen-bond donors (Lipinski definition) is 1. The third-order valence-electron chi connectivity index (χ3n) is 4.66. The lowest BCUT2D eigenvalue weighted by Gasteiger charge is -2.34. The molecular formula is C18H25NO3. The molecule has 3 atom stereocenters. The van der Waals surface area contributed by atoms with E-state index in [1.807, 2.05) is 0 Å². The molecule has 22 heavy (non-hydrogen) atoms. The monoisotopic (exact) mass is 303 g/mol. The molecule has 0 unspecified atom stereocenters. The Balaban J connectivity index is 1.85. The van der Waals surface area contributed by atoms with Crippen molar-refractivity contribution in [1.82, 2.24) is 5.32 Å². The van der Waals surface area contributed by atoms with Crippen LogP contribution in [0.4, 0.5) is 0 Å². The van der Waals surface area contributed by atoms with Gasteiger partial charge in [0, 0.05) is 11.6 Å². The average molecular weight is 303 g/mol. The van der Waals surface area contributed by atoms with E-state index in [0.29, 0.717) is 23.1 Å². The van der Waals surface area contributed by atoms with Crippen LogP contribution >= 0.6 is 0 Å². The van der Waals surface area contributed by atoms with Crippen molar-refractivity contribution in [2.75, 3.05) is 6.61 Å². The number of carbonyl (C=O) groups excluding carboxylic acids is 2. The zero-order valence-electron chi connectivity index (χ0n) is 13.6. The minimum atomic E-state index is -0.0980. The fraction of sp³-hybridized carbons (Fsp3) is 0.556. The Morgan fingerprint density at radius 2 is 2.05 bits per heavy atom. The first kappa shape index (κ1) is 16.5. The number of hydrogen-bond acceptors (Lipinski definition) is 3. The second-order valence-electron chi connectivity index (χ2n) is 6.31. The molecule has 0 bridgehead atoms. The van der Waals surface area contributed by atoms with Crippen LogP contribution in [0, 0.1) is 11.8 Å². The maximum Gasteiger partial charge on any atom is 0.258 e. The summed E-state index contributed by atoms with van der Waals surface area (Å²) < 4.78 is 5.50. The first-order valence-electron chi connectivity index (χ1n) is 8.00. The normalized spacial score (nSPS) is 24.6. The van der Waals surface area contributed by atoms with Gasteiger partial charge in [-0.1, -0.05) is 38.8 Å². The van der Waals surface area contributed by atoms with E-state index in [0.717, 1.165) is 12.8 Å². The average Bonchev–Trinajstić information content (AvgIpc) is 2.50. The molecule has 0 heterocycles. The molecule has 1 aromatic rings. The number of carbonyl (C=O) groups is 2. The van der Waals surface area contributed by atoms with E-state index in [2.05, 4.69) is 19.2 Å². The van der Waals surface area contributed by atoms with Crippen LogP contribution in [-0.4, -0.2) is 24.3 Å². The molecule has 120 valence electrons. The largest absolute Gasteiger partial charge is 0.484 e. The molecular weight excluding hydrogens is 278 g/mol. The molecule has 1 saturated carbocycles. The molecule has 0 saturated heterocycles. The molecule has 0 aromatic heterocycles. The summed E-state index contributed by atoms with van der Waals surface area (Å²) >= 11 is 0. The number of nitrogens with one attached hydrogen (secondary N) is 1. The number of amides is 1. The van der Waals surface area contributed by atoms with Gasteiger partial charge in [-0.2, -0.15) is 0 Å². The van der Waals surface area contributed by atoms with Crippen molar-refractivity contribution < 1.29 is 14.3 Å². The van der Waals surface area contributed by atoms with Crippen LogP contribution in [0.2, 0.25) is 0 Å². The van der Waals surface area contributed by atoms with Gasteiger partial charge in [-0.15, -0.1) is 0 Å². The molecule has 0 radical (unpaired) electrons. The summed E-state index contributed by atoms with van der Waals surface area (Å²) in [5.41, 5.74) is 0.590. The van der Waals surface area contributed by atoms with Gasteiger partial charge < -0.3 is 10.1 Å². The van der Waals surface area contributed by atoms with Crippen molar-refractivity contribution in [3.63, 3.8) is 0 Å². The first-order valence-corrected chi connectivity index (χ1v) is 8.00. The Labute approximate surface area is 132 Å². The Hall–Kier alpha value is -1.84. The van der Waals surface area contributed by atoms with Crippen LogP contribution in [0.5, 0.6) is 5.75 Å². The highest BCUT2D eigenvalue weighted by Crippen LogP contribution is 2.29. The molecule has 1 fully saturated rings. The van der Waals surface area contributed by atoms with Gasteiger partial charge in [-0.3, -0.25) is 9.59 Å². The highest BCUT2D eigenvalue weighted by Gasteiger charge is 2.28. The second kappa shape index (κ2) is 7.43. The van der Waals surface area contributed by atoms with E-state index < -0.39 is 0 Å². The summed E-state index contributed by atoms with van der Waals surface area (Å²) in [6.07, 6.45) is 3.44. The quantitative estimate of drug-likeness (QED) is 0.850. The highest BCUT2D eigenvalue weighted by molar-refractivity contribution is 5.94. The number of benzene rings is 1. The van der Waals surface area contributed by atoms with Gasteiger partial charge in [0.2, 0.25) is 0 Å². The molecule has 0 spiro atoms. The Morgan fingerprint density at radius 3 is 2.77 bits per heavy atom. The highest BCUT2D eigenvalue weighted by atomic mass is 16.5. The van der Waals surface area contributed by atoms with E-state index in [1.165, 1.54) is 13.3 Å². The summed E-state index contributed by atoms with van der Waals surface area (Å²) in [5.74, 6) is 1.58. The molecule has 1 N–H and O–H groups in total. The van der Waals surface area contributed by atoms with E-state index in [-0.39, 0.29) is 24.3 Å². The molecule has 4 heteroatoms. The zero-order chi connectivity index (χ0) is 16.1. The molecule has 1 aromatic carbocycles. The van der Waals surface area contributed by atoms with Crippen LogP contribution in [-0.2, 0) is 4.79 Å². The summed E-state index contributed by atoms with van der Waals surface area (Å²) in [6, 6.07) is 7.16. The summed E-state index contributed by atoms with van der Waals surface area (Å²) in [6.45, 7) is 5.94. The second-order valence-corrected chi connectivity index (χ2v) is 6.31. The van der Waals surface area contributed by atoms with Gasteiger partial charge in [0.15, 0.2) is 12.4 Å². The van der Waals surface area contributed by atoms with Crippen molar-refractivity contribution >= 4 is 11.7 Å². The van der Waals surface area contributed by atoms with Crippen molar-refractivity contribution in [2.24, 2.45) is 11.8 Å². The predicted octanol–water partition coefficient (Wildman–Crippen LogP) is 3.21. The maximum atomic E-state index is 12.1. The lowest BCUT2D eigenvalue weighted by Crippen LogP contribution is -2.45. The maximum absolute atomic E-state index is 12.1. The minimum absolute atomic E-state index is 0.0140. The van der Waals surface area contributed by atoms with Crippen LogP contribution < -0.4 is 10.1 Å². The Kier molecular flexibility index (Phi) is 5.58. The standard InChI is InChI=1S/C18H25NO3/c1-12-6-4-9-17(13(12)2)19-18(21)11-22-16-8-5-7-15(10-16)14(3)20/h5,7-8,10,12-13,17H,4,6,9,11H2,1-3H3,(H,19,21)/t12-,13+,17-/m0/s1. The van der Waals surface area contributed by atoms with Gasteiger partial charge in [-0.25, -0.2) is 0 Å². The fourth-order valence-corrected chi connectivity index (χ4v) is 2.99. The van der Waals surface area contributed by atoms with E-state index >= 15 is 0 Å². The number of ketones is 1. The summed E-state index contributed by atoms with van der Waals surface area (Å²) in [5, 5.41) is 3.08. The van der Waals surface area contributed by atoms with Crippen LogP contribution in [0.3, 0.4) is 0 Å². The number of Topliss-reactive ketones (excluding diaryl/α,β-unsaturated/α-hetero) is 1. The molecule has 1 aliphatic carbocycles. The summed E-state index contributed by atoms with van der Waals surface area (Å²) in [7, 11) is 0. The van der Waals surface area contributed by atoms with Gasteiger partial charge in [0.25, 0.3) is 5.91 Å². The molecule has 2 rings (SSSR count). The zero-order valence-corrected chi connectivity index (χ0v) is 13.6. The topological polar surface area (TPSA) is 55.4 Å². The molecule has 1 aliphatic rings. The van der Waals surface area contributed by atoms with Gasteiger partial charge in [0.05, 0.1) is 0 Å². The number of ether oxygens (including phenoxy) is 1.